The summed E-state index contributed by atoms with van der Waals surface area (Å²) in [6.07, 6.45) is 3.31. The molecule has 142 valence electrons. The number of imidazole rings is 1. The van der Waals surface area contributed by atoms with Gasteiger partial charge in [0.15, 0.2) is 0 Å². The van der Waals surface area contributed by atoms with Gasteiger partial charge >= 0.3 is 6.09 Å². The molecule has 0 saturated carbocycles. The van der Waals surface area contributed by atoms with Gasteiger partial charge in [-0.3, -0.25) is 13.5 Å². The number of aromatic nitrogens is 2. The standard InChI is InChI=1S/C15H19N3O6S2/c1-3-4-23-15(20)17-7-10(24-26(2,21)22)5-11(17)14(19)12-8-25-13-6-16-9-18(12)13/h3,6,8-11,14,19H,1,4-5,7H2,2H3/t10-,11+,14?/m1/s1. The first-order valence-electron chi connectivity index (χ1n) is 7.80. The first-order valence-corrected chi connectivity index (χ1v) is 10.5. The number of hydrogen-bond donors (Lipinski definition) is 1. The van der Waals surface area contributed by atoms with Gasteiger partial charge in [-0.15, -0.1) is 11.3 Å². The highest BCUT2D eigenvalue weighted by atomic mass is 32.2. The number of fused-ring (bicyclic) bond motifs is 1. The molecule has 1 N–H and O–H groups in total. The molecule has 1 saturated heterocycles. The number of carbonyl (C=O) groups excluding carboxylic acids is 1. The number of likely N-dealkylation sites (tertiary alicyclic amines) is 1. The molecular weight excluding hydrogens is 382 g/mol. The molecule has 26 heavy (non-hydrogen) atoms. The molecule has 1 unspecified atom stereocenters. The van der Waals surface area contributed by atoms with Crippen LogP contribution in [0, 0.1) is 0 Å². The molecule has 2 aromatic rings. The van der Waals surface area contributed by atoms with Crippen molar-refractivity contribution in [3.05, 3.63) is 36.3 Å². The van der Waals surface area contributed by atoms with Crippen molar-refractivity contribution in [2.75, 3.05) is 19.4 Å². The van der Waals surface area contributed by atoms with E-state index in [0.717, 1.165) is 11.1 Å². The quantitative estimate of drug-likeness (QED) is 0.571. The van der Waals surface area contributed by atoms with Gasteiger partial charge in [0.05, 0.1) is 36.8 Å². The molecular formula is C15H19N3O6S2. The molecule has 0 aliphatic carbocycles. The van der Waals surface area contributed by atoms with Crippen LogP contribution in [-0.2, 0) is 19.0 Å². The maximum Gasteiger partial charge on any atom is 0.410 e. The number of thiazole rings is 1. The maximum atomic E-state index is 12.3. The van der Waals surface area contributed by atoms with E-state index in [0.29, 0.717) is 5.69 Å². The Morgan fingerprint density at radius 2 is 2.38 bits per heavy atom. The lowest BCUT2D eigenvalue weighted by molar-refractivity contribution is 0.0529. The summed E-state index contributed by atoms with van der Waals surface area (Å²) in [4.78, 5) is 18.5. The zero-order chi connectivity index (χ0) is 18.9. The Hall–Kier alpha value is -1.95. The third-order valence-corrected chi connectivity index (χ3v) is 5.55. The molecule has 3 rings (SSSR count). The molecule has 0 bridgehead atoms. The fraction of sp³-hybridized carbons (Fsp3) is 0.467. The Balaban J connectivity index is 1.86. The molecule has 1 aliphatic rings. The summed E-state index contributed by atoms with van der Waals surface area (Å²) in [5.74, 6) is 0. The van der Waals surface area contributed by atoms with Gasteiger partial charge in [0.25, 0.3) is 10.1 Å². The number of rotatable bonds is 6. The second kappa shape index (κ2) is 7.35. The minimum Gasteiger partial charge on any atom is -0.445 e. The van der Waals surface area contributed by atoms with Crippen molar-refractivity contribution in [3.63, 3.8) is 0 Å². The number of ether oxygens (including phenoxy) is 1. The van der Waals surface area contributed by atoms with Gasteiger partial charge in [0.1, 0.15) is 23.9 Å². The second-order valence-electron chi connectivity index (χ2n) is 5.95. The molecule has 3 atom stereocenters. The Bertz CT molecular complexity index is 906. The van der Waals surface area contributed by atoms with Crippen molar-refractivity contribution in [2.24, 2.45) is 0 Å². The number of aliphatic hydroxyl groups is 1. The number of aliphatic hydroxyl groups excluding tert-OH is 1. The van der Waals surface area contributed by atoms with E-state index < -0.39 is 34.5 Å². The van der Waals surface area contributed by atoms with E-state index in [9.17, 15) is 18.3 Å². The molecule has 9 nitrogen and oxygen atoms in total. The summed E-state index contributed by atoms with van der Waals surface area (Å²) >= 11 is 1.41. The van der Waals surface area contributed by atoms with E-state index >= 15 is 0 Å². The first kappa shape index (κ1) is 18.8. The van der Waals surface area contributed by atoms with Gasteiger partial charge in [0.2, 0.25) is 0 Å². The van der Waals surface area contributed by atoms with Gasteiger partial charge in [0, 0.05) is 11.8 Å². The predicted octanol–water partition coefficient (Wildman–Crippen LogP) is 1.17. The highest BCUT2D eigenvalue weighted by Gasteiger charge is 2.43. The Kier molecular flexibility index (Phi) is 5.32. The van der Waals surface area contributed by atoms with Crippen LogP contribution in [0.5, 0.6) is 0 Å². The van der Waals surface area contributed by atoms with Crippen LogP contribution in [0.4, 0.5) is 4.79 Å². The molecule has 0 spiro atoms. The average Bonchev–Trinajstić information content (AvgIpc) is 3.25. The number of nitrogens with zero attached hydrogens (tertiary/aromatic N) is 3. The average molecular weight is 401 g/mol. The van der Waals surface area contributed by atoms with E-state index in [4.69, 9.17) is 8.92 Å². The van der Waals surface area contributed by atoms with Crippen molar-refractivity contribution < 1.29 is 27.2 Å². The van der Waals surface area contributed by atoms with Gasteiger partial charge in [-0.25, -0.2) is 9.78 Å². The number of hydrogen-bond acceptors (Lipinski definition) is 8. The first-order chi connectivity index (χ1) is 12.3. The van der Waals surface area contributed by atoms with Gasteiger partial charge in [-0.1, -0.05) is 12.7 Å². The summed E-state index contributed by atoms with van der Waals surface area (Å²) in [5, 5.41) is 12.6. The predicted molar refractivity (Wildman–Crippen MR) is 94.4 cm³/mol. The van der Waals surface area contributed by atoms with Gasteiger partial charge in [-0.05, 0) is 0 Å². The summed E-state index contributed by atoms with van der Waals surface area (Å²) in [6, 6.07) is -0.695. The summed E-state index contributed by atoms with van der Waals surface area (Å²) in [5.41, 5.74) is 0.564. The van der Waals surface area contributed by atoms with Crippen molar-refractivity contribution in [1.82, 2.24) is 14.3 Å². The fourth-order valence-corrected chi connectivity index (χ4v) is 4.53. The molecule has 11 heteroatoms. The van der Waals surface area contributed by atoms with Crippen LogP contribution in [0.1, 0.15) is 18.2 Å². The third-order valence-electron chi connectivity index (χ3n) is 4.03. The lowest BCUT2D eigenvalue weighted by atomic mass is 10.1. The van der Waals surface area contributed by atoms with Crippen molar-refractivity contribution in [1.29, 1.82) is 0 Å². The number of amides is 1. The minimum absolute atomic E-state index is 0.00197. The molecule has 1 amide bonds. The van der Waals surface area contributed by atoms with E-state index in [1.165, 1.54) is 22.3 Å². The van der Waals surface area contributed by atoms with Crippen molar-refractivity contribution in [2.45, 2.75) is 24.7 Å². The van der Waals surface area contributed by atoms with Gasteiger partial charge in [-0.2, -0.15) is 8.42 Å². The molecule has 1 aliphatic heterocycles. The summed E-state index contributed by atoms with van der Waals surface area (Å²) in [6.45, 7) is 3.50. The highest BCUT2D eigenvalue weighted by molar-refractivity contribution is 7.86. The molecule has 2 aromatic heterocycles. The Labute approximate surface area is 154 Å². The highest BCUT2D eigenvalue weighted by Crippen LogP contribution is 2.33. The largest absolute Gasteiger partial charge is 0.445 e. The SMILES string of the molecule is C=CCOC(=O)N1C[C@H](OS(C)(=O)=O)C[C@H]1C(O)c1csc2cncn12. The zero-order valence-electron chi connectivity index (χ0n) is 14.0. The fourth-order valence-electron chi connectivity index (χ4n) is 3.02. The topological polar surface area (TPSA) is 110 Å². The number of carbonyl (C=O) groups is 1. The molecule has 0 aromatic carbocycles. The monoisotopic (exact) mass is 401 g/mol. The van der Waals surface area contributed by atoms with Crippen LogP contribution >= 0.6 is 11.3 Å². The van der Waals surface area contributed by atoms with Crippen LogP contribution in [-0.4, -0.2) is 65.5 Å². The van der Waals surface area contributed by atoms with Crippen LogP contribution in [0.2, 0.25) is 0 Å². The van der Waals surface area contributed by atoms with E-state index in [2.05, 4.69) is 11.6 Å². The van der Waals surface area contributed by atoms with E-state index in [1.807, 2.05) is 0 Å². The van der Waals surface area contributed by atoms with E-state index in [1.54, 1.807) is 22.3 Å². The molecule has 0 radical (unpaired) electrons. The van der Waals surface area contributed by atoms with Crippen LogP contribution in [0.15, 0.2) is 30.6 Å². The van der Waals surface area contributed by atoms with Crippen molar-refractivity contribution in [3.8, 4) is 0 Å². The zero-order valence-corrected chi connectivity index (χ0v) is 15.6. The summed E-state index contributed by atoms with van der Waals surface area (Å²) in [7, 11) is -3.69. The smallest absolute Gasteiger partial charge is 0.410 e. The molecule has 3 heterocycles. The molecule has 1 fully saturated rings. The lowest BCUT2D eigenvalue weighted by Gasteiger charge is -2.27. The Morgan fingerprint density at radius 3 is 3.08 bits per heavy atom. The third kappa shape index (κ3) is 3.90. The van der Waals surface area contributed by atoms with Crippen LogP contribution in [0.3, 0.4) is 0 Å². The second-order valence-corrected chi connectivity index (χ2v) is 8.44. The Morgan fingerprint density at radius 1 is 1.62 bits per heavy atom. The van der Waals surface area contributed by atoms with Gasteiger partial charge < -0.3 is 9.84 Å². The van der Waals surface area contributed by atoms with Crippen LogP contribution in [0.25, 0.3) is 4.83 Å². The minimum atomic E-state index is -3.69. The van der Waals surface area contributed by atoms with Crippen molar-refractivity contribution >= 4 is 32.4 Å². The summed E-state index contributed by atoms with van der Waals surface area (Å²) < 4.78 is 34.7. The normalized spacial score (nSPS) is 21.8. The lowest BCUT2D eigenvalue weighted by Crippen LogP contribution is -2.40. The maximum absolute atomic E-state index is 12.3. The van der Waals surface area contributed by atoms with E-state index in [-0.39, 0.29) is 19.6 Å². The van der Waals surface area contributed by atoms with Crippen LogP contribution < -0.4 is 0 Å².